The van der Waals surface area contributed by atoms with Gasteiger partial charge in [-0.3, -0.25) is 0 Å². The van der Waals surface area contributed by atoms with E-state index in [4.69, 9.17) is 12.2 Å². The van der Waals surface area contributed by atoms with Crippen molar-refractivity contribution in [1.82, 2.24) is 14.5 Å². The number of fused-ring (bicyclic) bond motifs is 1. The molecule has 1 aliphatic carbocycles. The van der Waals surface area contributed by atoms with Gasteiger partial charge in [-0.25, -0.2) is 4.98 Å². The Morgan fingerprint density at radius 2 is 2.22 bits per heavy atom. The number of nitrogens with zero attached hydrogens (tertiary/aromatic N) is 2. The molecule has 0 bridgehead atoms. The van der Waals surface area contributed by atoms with E-state index in [1.807, 2.05) is 13.0 Å². The van der Waals surface area contributed by atoms with Crippen LogP contribution in [0.3, 0.4) is 0 Å². The Labute approximate surface area is 112 Å². The third-order valence-electron chi connectivity index (χ3n) is 4.41. The van der Waals surface area contributed by atoms with Crippen LogP contribution in [0, 0.1) is 17.1 Å². The molecule has 18 heavy (non-hydrogen) atoms. The van der Waals surface area contributed by atoms with E-state index in [-0.39, 0.29) is 0 Å². The summed E-state index contributed by atoms with van der Waals surface area (Å²) in [5.74, 6) is 0. The van der Waals surface area contributed by atoms with Crippen LogP contribution in [0.25, 0.3) is 11.2 Å². The van der Waals surface area contributed by atoms with Crippen LogP contribution in [0.1, 0.15) is 38.3 Å². The molecular formula is C14H19N3S. The zero-order valence-electron chi connectivity index (χ0n) is 11.0. The van der Waals surface area contributed by atoms with Crippen molar-refractivity contribution < 1.29 is 0 Å². The quantitative estimate of drug-likeness (QED) is 0.848. The van der Waals surface area contributed by atoms with Crippen LogP contribution in [0.4, 0.5) is 0 Å². The molecule has 0 spiro atoms. The molecule has 0 saturated heterocycles. The van der Waals surface area contributed by atoms with Crippen molar-refractivity contribution in [2.75, 3.05) is 0 Å². The summed E-state index contributed by atoms with van der Waals surface area (Å²) in [6.45, 7) is 5.33. The molecule has 0 amide bonds. The van der Waals surface area contributed by atoms with Gasteiger partial charge in [-0.15, -0.1) is 0 Å². The summed E-state index contributed by atoms with van der Waals surface area (Å²) in [6.07, 6.45) is 5.23. The molecular weight excluding hydrogens is 242 g/mol. The largest absolute Gasteiger partial charge is 0.329 e. The molecule has 2 aromatic rings. The highest BCUT2D eigenvalue weighted by Gasteiger charge is 2.36. The van der Waals surface area contributed by atoms with Crippen molar-refractivity contribution >= 4 is 23.4 Å². The van der Waals surface area contributed by atoms with E-state index in [2.05, 4.69) is 27.5 Å². The molecule has 1 N–H and O–H groups in total. The average Bonchev–Trinajstić information content (AvgIpc) is 2.60. The summed E-state index contributed by atoms with van der Waals surface area (Å²) in [5.41, 5.74) is 3.57. The maximum atomic E-state index is 5.45. The van der Waals surface area contributed by atoms with Gasteiger partial charge in [0, 0.05) is 12.2 Å². The second-order valence-corrected chi connectivity index (χ2v) is 5.93. The molecule has 1 saturated carbocycles. The van der Waals surface area contributed by atoms with Gasteiger partial charge in [-0.1, -0.05) is 13.3 Å². The number of nitrogens with one attached hydrogen (secondary N) is 1. The van der Waals surface area contributed by atoms with Crippen molar-refractivity contribution in [2.45, 2.75) is 46.1 Å². The monoisotopic (exact) mass is 261 g/mol. The number of aromatic amines is 1. The fraction of sp³-hybridized carbons (Fsp3) is 0.571. The standard InChI is InChI=1S/C14H19N3S/c1-3-14(7-4-8-14)9-17-12-11(16-13(17)18)6-5-10(2)15-12/h5-6H,3-4,7-9H2,1-2H3,(H,16,18). The highest BCUT2D eigenvalue weighted by Crippen LogP contribution is 2.45. The van der Waals surface area contributed by atoms with E-state index in [1.54, 1.807) is 0 Å². The molecule has 0 atom stereocenters. The van der Waals surface area contributed by atoms with Crippen LogP contribution < -0.4 is 0 Å². The lowest BCUT2D eigenvalue weighted by atomic mass is 9.67. The van der Waals surface area contributed by atoms with Gasteiger partial charge in [0.1, 0.15) is 0 Å². The number of hydrogen-bond acceptors (Lipinski definition) is 2. The molecule has 0 radical (unpaired) electrons. The van der Waals surface area contributed by atoms with Crippen molar-refractivity contribution in [1.29, 1.82) is 0 Å². The first-order chi connectivity index (χ1) is 8.63. The minimum absolute atomic E-state index is 0.457. The van der Waals surface area contributed by atoms with Crippen LogP contribution >= 0.6 is 12.2 Å². The van der Waals surface area contributed by atoms with E-state index in [0.717, 1.165) is 28.2 Å². The van der Waals surface area contributed by atoms with Gasteiger partial charge in [0.2, 0.25) is 0 Å². The first-order valence-electron chi connectivity index (χ1n) is 6.70. The van der Waals surface area contributed by atoms with Gasteiger partial charge in [-0.05, 0) is 56.0 Å². The molecule has 1 fully saturated rings. The number of hydrogen-bond donors (Lipinski definition) is 1. The SMILES string of the molecule is CCC1(Cn2c(=S)[nH]c3ccc(C)nc32)CCC1. The lowest BCUT2D eigenvalue weighted by Gasteiger charge is -2.41. The van der Waals surface area contributed by atoms with Gasteiger partial charge >= 0.3 is 0 Å². The van der Waals surface area contributed by atoms with Gasteiger partial charge < -0.3 is 9.55 Å². The van der Waals surface area contributed by atoms with Crippen molar-refractivity contribution in [3.8, 4) is 0 Å². The number of aromatic nitrogens is 3. The first kappa shape index (κ1) is 11.9. The average molecular weight is 261 g/mol. The third kappa shape index (κ3) is 1.79. The number of H-pyrrole nitrogens is 1. The van der Waals surface area contributed by atoms with Crippen LogP contribution in [-0.4, -0.2) is 14.5 Å². The molecule has 4 heteroatoms. The van der Waals surface area contributed by atoms with E-state index < -0.39 is 0 Å². The predicted molar refractivity (Wildman–Crippen MR) is 76.2 cm³/mol. The van der Waals surface area contributed by atoms with Crippen LogP contribution in [-0.2, 0) is 6.54 Å². The Balaban J connectivity index is 2.08. The predicted octanol–water partition coefficient (Wildman–Crippen LogP) is 3.98. The van der Waals surface area contributed by atoms with Gasteiger partial charge in [0.05, 0.1) is 5.52 Å². The Morgan fingerprint density at radius 1 is 1.44 bits per heavy atom. The highest BCUT2D eigenvalue weighted by molar-refractivity contribution is 7.71. The first-order valence-corrected chi connectivity index (χ1v) is 7.11. The second-order valence-electron chi connectivity index (χ2n) is 5.55. The maximum absolute atomic E-state index is 5.45. The Hall–Kier alpha value is -1.16. The molecule has 3 rings (SSSR count). The fourth-order valence-corrected chi connectivity index (χ4v) is 3.17. The zero-order valence-corrected chi connectivity index (χ0v) is 11.8. The van der Waals surface area contributed by atoms with Crippen LogP contribution in [0.15, 0.2) is 12.1 Å². The topological polar surface area (TPSA) is 33.6 Å². The molecule has 96 valence electrons. The summed E-state index contributed by atoms with van der Waals surface area (Å²) in [5, 5.41) is 0. The zero-order chi connectivity index (χ0) is 12.8. The molecule has 0 aliphatic heterocycles. The number of aryl methyl sites for hydroxylation is 1. The van der Waals surface area contributed by atoms with Gasteiger partial charge in [0.15, 0.2) is 10.4 Å². The summed E-state index contributed by atoms with van der Waals surface area (Å²) in [4.78, 5) is 7.90. The van der Waals surface area contributed by atoms with Gasteiger partial charge in [-0.2, -0.15) is 0 Å². The highest BCUT2D eigenvalue weighted by atomic mass is 32.1. The maximum Gasteiger partial charge on any atom is 0.179 e. The molecule has 1 aliphatic rings. The summed E-state index contributed by atoms with van der Waals surface area (Å²) >= 11 is 5.45. The Morgan fingerprint density at radius 3 is 2.83 bits per heavy atom. The van der Waals surface area contributed by atoms with E-state index in [0.29, 0.717) is 5.41 Å². The third-order valence-corrected chi connectivity index (χ3v) is 4.74. The molecule has 0 aromatic carbocycles. The smallest absolute Gasteiger partial charge is 0.179 e. The minimum Gasteiger partial charge on any atom is -0.329 e. The number of rotatable bonds is 3. The van der Waals surface area contributed by atoms with Crippen molar-refractivity contribution in [3.05, 3.63) is 22.6 Å². The normalized spacial score (nSPS) is 17.9. The number of pyridine rings is 1. The van der Waals surface area contributed by atoms with Crippen LogP contribution in [0.2, 0.25) is 0 Å². The lowest BCUT2D eigenvalue weighted by molar-refractivity contribution is 0.101. The number of imidazole rings is 1. The summed E-state index contributed by atoms with van der Waals surface area (Å²) in [6, 6.07) is 4.10. The molecule has 0 unspecified atom stereocenters. The van der Waals surface area contributed by atoms with Gasteiger partial charge in [0.25, 0.3) is 0 Å². The second kappa shape index (κ2) is 4.19. The Bertz CT molecular complexity index is 629. The molecule has 2 aromatic heterocycles. The Kier molecular flexibility index (Phi) is 2.77. The van der Waals surface area contributed by atoms with E-state index in [9.17, 15) is 0 Å². The van der Waals surface area contributed by atoms with E-state index >= 15 is 0 Å². The fourth-order valence-electron chi connectivity index (χ4n) is 2.91. The minimum atomic E-state index is 0.457. The summed E-state index contributed by atoms with van der Waals surface area (Å²) in [7, 11) is 0. The van der Waals surface area contributed by atoms with Crippen molar-refractivity contribution in [3.63, 3.8) is 0 Å². The van der Waals surface area contributed by atoms with Crippen LogP contribution in [0.5, 0.6) is 0 Å². The van der Waals surface area contributed by atoms with Crippen molar-refractivity contribution in [2.24, 2.45) is 5.41 Å². The molecule has 2 heterocycles. The summed E-state index contributed by atoms with van der Waals surface area (Å²) < 4.78 is 3.00. The van der Waals surface area contributed by atoms with E-state index in [1.165, 1.54) is 25.7 Å². The lowest BCUT2D eigenvalue weighted by Crippen LogP contribution is -2.33. The molecule has 3 nitrogen and oxygen atoms in total.